The van der Waals surface area contributed by atoms with Crippen molar-refractivity contribution in [3.05, 3.63) is 48.0 Å². The van der Waals surface area contributed by atoms with Gasteiger partial charge in [0.1, 0.15) is 5.52 Å². The third-order valence-electron chi connectivity index (χ3n) is 2.99. The van der Waals surface area contributed by atoms with E-state index < -0.39 is 0 Å². The first-order chi connectivity index (χ1) is 9.28. The molecule has 0 fully saturated rings. The van der Waals surface area contributed by atoms with Gasteiger partial charge in [-0.3, -0.25) is 4.79 Å². The molecule has 1 amide bonds. The predicted octanol–water partition coefficient (Wildman–Crippen LogP) is 3.37. The van der Waals surface area contributed by atoms with Crippen LogP contribution in [0.25, 0.3) is 22.6 Å². The summed E-state index contributed by atoms with van der Waals surface area (Å²) in [6.45, 7) is 2.02. The van der Waals surface area contributed by atoms with Crippen LogP contribution in [0.2, 0.25) is 0 Å². The van der Waals surface area contributed by atoms with Crippen molar-refractivity contribution in [1.82, 2.24) is 4.98 Å². The molecule has 0 aliphatic heterocycles. The molecule has 0 aliphatic rings. The van der Waals surface area contributed by atoms with Crippen molar-refractivity contribution in [1.29, 1.82) is 0 Å². The summed E-state index contributed by atoms with van der Waals surface area (Å²) in [6.07, 6.45) is 0.639. The van der Waals surface area contributed by atoms with Crippen LogP contribution in [-0.4, -0.2) is 11.4 Å². The van der Waals surface area contributed by atoms with Crippen LogP contribution < -0.4 is 5.32 Å². The maximum absolute atomic E-state index is 10.4. The van der Waals surface area contributed by atoms with Gasteiger partial charge in [0.2, 0.25) is 12.3 Å². The zero-order valence-electron chi connectivity index (χ0n) is 10.4. The van der Waals surface area contributed by atoms with Crippen molar-refractivity contribution in [3.8, 4) is 11.5 Å². The molecule has 3 aromatic rings. The Labute approximate surface area is 110 Å². The first kappa shape index (κ1) is 11.5. The third kappa shape index (κ3) is 2.08. The topological polar surface area (TPSA) is 55.1 Å². The van der Waals surface area contributed by atoms with Gasteiger partial charge in [-0.2, -0.15) is 0 Å². The first-order valence-corrected chi connectivity index (χ1v) is 5.95. The van der Waals surface area contributed by atoms with Gasteiger partial charge in [-0.1, -0.05) is 18.2 Å². The highest BCUT2D eigenvalue weighted by Gasteiger charge is 2.10. The van der Waals surface area contributed by atoms with Crippen LogP contribution in [0.5, 0.6) is 0 Å². The van der Waals surface area contributed by atoms with Crippen molar-refractivity contribution < 1.29 is 9.21 Å². The highest BCUT2D eigenvalue weighted by molar-refractivity contribution is 5.83. The largest absolute Gasteiger partial charge is 0.436 e. The van der Waals surface area contributed by atoms with Crippen LogP contribution in [0.3, 0.4) is 0 Å². The lowest BCUT2D eigenvalue weighted by Gasteiger charge is -1.98. The maximum Gasteiger partial charge on any atom is 0.227 e. The molecule has 0 bridgehead atoms. The predicted molar refractivity (Wildman–Crippen MR) is 73.9 cm³/mol. The summed E-state index contributed by atoms with van der Waals surface area (Å²) in [6, 6.07) is 13.3. The Morgan fingerprint density at radius 1 is 1.21 bits per heavy atom. The molecule has 0 unspecified atom stereocenters. The zero-order chi connectivity index (χ0) is 13.2. The van der Waals surface area contributed by atoms with E-state index in [2.05, 4.69) is 10.3 Å². The van der Waals surface area contributed by atoms with Crippen LogP contribution in [0.15, 0.2) is 46.9 Å². The lowest BCUT2D eigenvalue weighted by Crippen LogP contribution is -1.92. The number of fused-ring (bicyclic) bond motifs is 1. The number of benzene rings is 2. The first-order valence-electron chi connectivity index (χ1n) is 5.95. The molecule has 0 radical (unpaired) electrons. The molecule has 19 heavy (non-hydrogen) atoms. The number of nitrogens with one attached hydrogen (secondary N) is 1. The lowest BCUT2D eigenvalue weighted by molar-refractivity contribution is -0.105. The molecule has 1 heterocycles. The number of aromatic nitrogens is 1. The van der Waals surface area contributed by atoms with Crippen molar-refractivity contribution in [3.63, 3.8) is 0 Å². The Bertz CT molecular complexity index is 747. The smallest absolute Gasteiger partial charge is 0.227 e. The average Bonchev–Trinajstić information content (AvgIpc) is 2.82. The monoisotopic (exact) mass is 252 g/mol. The van der Waals surface area contributed by atoms with Gasteiger partial charge in [0, 0.05) is 17.3 Å². The fourth-order valence-corrected chi connectivity index (χ4v) is 2.01. The summed E-state index contributed by atoms with van der Waals surface area (Å²) < 4.78 is 5.75. The molecule has 1 aromatic heterocycles. The van der Waals surface area contributed by atoms with Gasteiger partial charge in [-0.25, -0.2) is 4.98 Å². The Morgan fingerprint density at radius 2 is 2.05 bits per heavy atom. The zero-order valence-corrected chi connectivity index (χ0v) is 10.4. The molecule has 4 heteroatoms. The number of amides is 1. The average molecular weight is 252 g/mol. The molecule has 0 saturated heterocycles. The second kappa shape index (κ2) is 4.57. The third-order valence-corrected chi connectivity index (χ3v) is 2.99. The minimum absolute atomic E-state index is 0.594. The Morgan fingerprint density at radius 3 is 2.84 bits per heavy atom. The number of carbonyl (C=O) groups excluding carboxylic acids is 1. The molecule has 2 aromatic carbocycles. The van der Waals surface area contributed by atoms with Crippen LogP contribution in [0.4, 0.5) is 5.69 Å². The van der Waals surface area contributed by atoms with Gasteiger partial charge in [0.05, 0.1) is 0 Å². The van der Waals surface area contributed by atoms with E-state index in [0.29, 0.717) is 23.6 Å². The molecule has 94 valence electrons. The van der Waals surface area contributed by atoms with Crippen molar-refractivity contribution in [2.24, 2.45) is 0 Å². The van der Waals surface area contributed by atoms with Gasteiger partial charge in [-0.05, 0) is 30.7 Å². The van der Waals surface area contributed by atoms with Crippen LogP contribution in [-0.2, 0) is 4.79 Å². The molecule has 0 atom stereocenters. The van der Waals surface area contributed by atoms with Crippen molar-refractivity contribution in [2.75, 3.05) is 5.32 Å². The van der Waals surface area contributed by atoms with Crippen LogP contribution >= 0.6 is 0 Å². The quantitative estimate of drug-likeness (QED) is 0.727. The van der Waals surface area contributed by atoms with E-state index in [9.17, 15) is 4.79 Å². The van der Waals surface area contributed by atoms with E-state index in [1.54, 1.807) is 12.1 Å². The van der Waals surface area contributed by atoms with E-state index in [4.69, 9.17) is 4.42 Å². The summed E-state index contributed by atoms with van der Waals surface area (Å²) in [5.74, 6) is 0.594. The molecule has 3 rings (SSSR count). The second-order valence-electron chi connectivity index (χ2n) is 4.28. The molecule has 0 aliphatic carbocycles. The number of anilines is 1. The summed E-state index contributed by atoms with van der Waals surface area (Å²) in [5.41, 5.74) is 4.21. The summed E-state index contributed by atoms with van der Waals surface area (Å²) in [5, 5.41) is 2.59. The SMILES string of the molecule is Cc1ccccc1-c1nc2ccc(NC=O)cc2o1. The Balaban J connectivity index is 2.11. The van der Waals surface area contributed by atoms with E-state index in [0.717, 1.165) is 16.6 Å². The summed E-state index contributed by atoms with van der Waals surface area (Å²) >= 11 is 0. The number of carbonyl (C=O) groups is 1. The molecule has 0 saturated carbocycles. The highest BCUT2D eigenvalue weighted by Crippen LogP contribution is 2.27. The highest BCUT2D eigenvalue weighted by atomic mass is 16.3. The van der Waals surface area contributed by atoms with E-state index in [1.807, 2.05) is 37.3 Å². The van der Waals surface area contributed by atoms with Gasteiger partial charge in [0.25, 0.3) is 0 Å². The molecular formula is C15H12N2O2. The number of hydrogen-bond donors (Lipinski definition) is 1. The van der Waals surface area contributed by atoms with Crippen LogP contribution in [0, 0.1) is 6.92 Å². The molecule has 4 nitrogen and oxygen atoms in total. The Hall–Kier alpha value is -2.62. The lowest BCUT2D eigenvalue weighted by atomic mass is 10.1. The fourth-order valence-electron chi connectivity index (χ4n) is 2.01. The summed E-state index contributed by atoms with van der Waals surface area (Å²) in [4.78, 5) is 14.9. The van der Waals surface area contributed by atoms with Gasteiger partial charge in [0.15, 0.2) is 5.58 Å². The van der Waals surface area contributed by atoms with Gasteiger partial charge < -0.3 is 9.73 Å². The van der Waals surface area contributed by atoms with Gasteiger partial charge in [-0.15, -0.1) is 0 Å². The maximum atomic E-state index is 10.4. The van der Waals surface area contributed by atoms with E-state index >= 15 is 0 Å². The van der Waals surface area contributed by atoms with E-state index in [-0.39, 0.29) is 0 Å². The number of aryl methyl sites for hydroxylation is 1. The number of hydrogen-bond acceptors (Lipinski definition) is 3. The van der Waals surface area contributed by atoms with E-state index in [1.165, 1.54) is 0 Å². The number of nitrogens with zero attached hydrogens (tertiary/aromatic N) is 1. The minimum Gasteiger partial charge on any atom is -0.436 e. The Kier molecular flexibility index (Phi) is 2.76. The van der Waals surface area contributed by atoms with Crippen molar-refractivity contribution in [2.45, 2.75) is 6.92 Å². The molecule has 1 N–H and O–H groups in total. The normalized spacial score (nSPS) is 10.6. The summed E-state index contributed by atoms with van der Waals surface area (Å²) in [7, 11) is 0. The van der Waals surface area contributed by atoms with Crippen LogP contribution in [0.1, 0.15) is 5.56 Å². The number of rotatable bonds is 3. The number of oxazole rings is 1. The standard InChI is InChI=1S/C15H12N2O2/c1-10-4-2-3-5-12(10)15-17-13-7-6-11(16-9-18)8-14(13)19-15/h2-9H,1H3,(H,16,18). The molecular weight excluding hydrogens is 240 g/mol. The molecule has 0 spiro atoms. The fraction of sp³-hybridized carbons (Fsp3) is 0.0667. The second-order valence-corrected chi connectivity index (χ2v) is 4.28. The van der Waals surface area contributed by atoms with Crippen molar-refractivity contribution >= 4 is 23.2 Å². The van der Waals surface area contributed by atoms with Gasteiger partial charge >= 0.3 is 0 Å². The minimum atomic E-state index is 0.594.